The van der Waals surface area contributed by atoms with Gasteiger partial charge in [0, 0.05) is 38.2 Å². The minimum atomic E-state index is -0.413. The lowest BCUT2D eigenvalue weighted by atomic mass is 10.2. The lowest BCUT2D eigenvalue weighted by Crippen LogP contribution is -2.28. The molecule has 1 heterocycles. The molecule has 3 aromatic rings. The van der Waals surface area contributed by atoms with Gasteiger partial charge in [-0.05, 0) is 43.4 Å². The number of para-hydroxylation sites is 1. The van der Waals surface area contributed by atoms with Crippen molar-refractivity contribution in [3.63, 3.8) is 0 Å². The summed E-state index contributed by atoms with van der Waals surface area (Å²) in [6, 6.07) is 12.6. The molecular formula is C25H35N5O5. The molecule has 1 aromatic heterocycles. The molecule has 10 heteroatoms. The van der Waals surface area contributed by atoms with Gasteiger partial charge in [0.1, 0.15) is 30.0 Å². The highest BCUT2D eigenvalue weighted by molar-refractivity contribution is 6.01. The fraction of sp³-hybridized carbons (Fsp3) is 0.400. The number of benzene rings is 2. The van der Waals surface area contributed by atoms with Crippen LogP contribution in [-0.2, 0) is 20.7 Å². The predicted molar refractivity (Wildman–Crippen MR) is 136 cm³/mol. The molecule has 0 aliphatic rings. The van der Waals surface area contributed by atoms with Gasteiger partial charge in [-0.3, -0.25) is 0 Å². The number of H-pyrrole nitrogens is 1. The van der Waals surface area contributed by atoms with Crippen LogP contribution >= 0.6 is 0 Å². The van der Waals surface area contributed by atoms with Crippen molar-refractivity contribution in [2.24, 2.45) is 0 Å². The Morgan fingerprint density at radius 3 is 2.60 bits per heavy atom. The number of rotatable bonds is 14. The van der Waals surface area contributed by atoms with Crippen molar-refractivity contribution >= 4 is 29.0 Å². The number of likely N-dealkylation sites (N-methyl/N-ethyl adjacent to an activating group) is 1. The maximum atomic E-state index is 11.5. The van der Waals surface area contributed by atoms with E-state index >= 15 is 0 Å². The summed E-state index contributed by atoms with van der Waals surface area (Å²) >= 11 is 0. The highest BCUT2D eigenvalue weighted by Crippen LogP contribution is 2.18. The minimum absolute atomic E-state index is 0.410. The fourth-order valence-electron chi connectivity index (χ4n) is 3.04. The molecule has 10 nitrogen and oxygen atoms in total. The third-order valence-corrected chi connectivity index (χ3v) is 4.82. The minimum Gasteiger partial charge on any atom is -0.491 e. The van der Waals surface area contributed by atoms with Crippen LogP contribution in [0.25, 0.3) is 11.0 Å². The molecule has 0 spiro atoms. The Morgan fingerprint density at radius 2 is 1.89 bits per heavy atom. The predicted octanol–water partition coefficient (Wildman–Crippen LogP) is 1.95. The number of aryl methyl sites for hydroxylation is 1. The van der Waals surface area contributed by atoms with Crippen LogP contribution in [0.3, 0.4) is 0 Å². The van der Waals surface area contributed by atoms with Crippen LogP contribution in [0.15, 0.2) is 42.5 Å². The number of esters is 1. The molecule has 35 heavy (non-hydrogen) atoms. The van der Waals surface area contributed by atoms with E-state index in [0.29, 0.717) is 49.6 Å². The summed E-state index contributed by atoms with van der Waals surface area (Å²) in [5, 5.41) is 6.33. The van der Waals surface area contributed by atoms with Crippen molar-refractivity contribution < 1.29 is 23.8 Å². The average Bonchev–Trinajstić information content (AvgIpc) is 3.30. The van der Waals surface area contributed by atoms with Crippen LogP contribution in [0, 0.1) is 0 Å². The summed E-state index contributed by atoms with van der Waals surface area (Å²) in [5.74, 6) is 1.10. The molecule has 0 unspecified atom stereocenters. The van der Waals surface area contributed by atoms with Crippen molar-refractivity contribution in [3.05, 3.63) is 53.9 Å². The molecule has 5 N–H and O–H groups in total. The molecule has 0 saturated carbocycles. The number of carbonyl (C=O) groups excluding carboxylic acids is 2. The summed E-state index contributed by atoms with van der Waals surface area (Å²) in [4.78, 5) is 29.2. The lowest BCUT2D eigenvalue weighted by Gasteiger charge is -2.08. The molecule has 0 bridgehead atoms. The average molecular weight is 486 g/mol. The van der Waals surface area contributed by atoms with Gasteiger partial charge in [-0.15, -0.1) is 0 Å². The zero-order valence-corrected chi connectivity index (χ0v) is 20.3. The van der Waals surface area contributed by atoms with E-state index in [2.05, 4.69) is 25.3 Å². The van der Waals surface area contributed by atoms with Crippen LogP contribution in [0.1, 0.15) is 22.6 Å². The van der Waals surface area contributed by atoms with E-state index in [4.69, 9.17) is 15.2 Å². The van der Waals surface area contributed by atoms with E-state index in [-0.39, 0.29) is 0 Å². The molecule has 0 amide bonds. The fourth-order valence-corrected chi connectivity index (χ4v) is 3.04. The number of nitrogens with two attached hydrogens (primary N) is 1. The van der Waals surface area contributed by atoms with Crippen LogP contribution in [-0.4, -0.2) is 75.8 Å². The van der Waals surface area contributed by atoms with E-state index in [1.54, 1.807) is 12.1 Å². The second kappa shape index (κ2) is 16.2. The van der Waals surface area contributed by atoms with Crippen molar-refractivity contribution in [1.29, 1.82) is 0 Å². The number of aldehydes is 1. The van der Waals surface area contributed by atoms with Crippen LogP contribution in [0.2, 0.25) is 0 Å². The molecule has 0 radical (unpaired) electrons. The number of fused-ring (bicyclic) bond motifs is 1. The number of methoxy groups -OCH3 is 1. The Bertz CT molecular complexity index is 1020. The van der Waals surface area contributed by atoms with Crippen LogP contribution in [0.5, 0.6) is 5.75 Å². The maximum Gasteiger partial charge on any atom is 0.340 e. The van der Waals surface area contributed by atoms with Crippen molar-refractivity contribution in [3.8, 4) is 5.75 Å². The quantitative estimate of drug-likeness (QED) is 0.117. The SMILES string of the molecule is CNCCNCCOCCOc1ccc(N)cc1.COC(=O)c1cccc2[nH]c(CCC=O)nc12. The van der Waals surface area contributed by atoms with Gasteiger partial charge in [0.2, 0.25) is 0 Å². The first-order valence-corrected chi connectivity index (χ1v) is 11.5. The topological polar surface area (TPSA) is 141 Å². The summed E-state index contributed by atoms with van der Waals surface area (Å²) in [5.41, 5.74) is 8.11. The number of carbonyl (C=O) groups is 2. The van der Waals surface area contributed by atoms with Gasteiger partial charge in [-0.1, -0.05) is 6.07 Å². The number of nitrogen functional groups attached to an aromatic ring is 1. The van der Waals surface area contributed by atoms with E-state index in [1.165, 1.54) is 7.11 Å². The number of nitrogens with zero attached hydrogens (tertiary/aromatic N) is 1. The van der Waals surface area contributed by atoms with Crippen LogP contribution < -0.4 is 21.1 Å². The Morgan fingerprint density at radius 1 is 1.09 bits per heavy atom. The summed E-state index contributed by atoms with van der Waals surface area (Å²) < 4.78 is 15.6. The Hall–Kier alpha value is -3.47. The van der Waals surface area contributed by atoms with Gasteiger partial charge in [-0.25, -0.2) is 9.78 Å². The summed E-state index contributed by atoms with van der Waals surface area (Å²) in [6.07, 6.45) is 1.79. The standard InChI is InChI=1S/C13H23N3O2.C12H12N2O3/c1-15-6-7-16-8-9-17-10-11-18-13-4-2-12(14)3-5-13;1-17-12(16)8-4-2-5-9-11(8)14-10(13-9)6-3-7-15/h2-5,15-16H,6-11,14H2,1H3;2,4-5,7H,3,6H2,1H3,(H,13,14). The first kappa shape index (κ1) is 27.8. The zero-order chi connectivity index (χ0) is 25.3. The molecule has 0 aliphatic heterocycles. The number of ether oxygens (including phenoxy) is 3. The normalized spacial score (nSPS) is 10.5. The first-order valence-electron chi connectivity index (χ1n) is 11.5. The van der Waals surface area contributed by atoms with E-state index in [0.717, 1.165) is 42.9 Å². The van der Waals surface area contributed by atoms with Crippen molar-refractivity contribution in [1.82, 2.24) is 20.6 Å². The molecule has 3 rings (SSSR count). The van der Waals surface area contributed by atoms with E-state index in [1.807, 2.05) is 37.4 Å². The van der Waals surface area contributed by atoms with Gasteiger partial charge in [0.05, 0.1) is 31.4 Å². The Balaban J connectivity index is 0.000000247. The Kier molecular flexibility index (Phi) is 12.9. The van der Waals surface area contributed by atoms with Crippen molar-refractivity contribution in [2.45, 2.75) is 12.8 Å². The second-order valence-corrected chi connectivity index (χ2v) is 7.47. The third-order valence-electron chi connectivity index (χ3n) is 4.82. The number of aromatic nitrogens is 2. The van der Waals surface area contributed by atoms with E-state index in [9.17, 15) is 9.59 Å². The molecule has 190 valence electrons. The first-order chi connectivity index (χ1) is 17.1. The van der Waals surface area contributed by atoms with Crippen LogP contribution in [0.4, 0.5) is 5.69 Å². The van der Waals surface area contributed by atoms with Gasteiger partial charge in [0.25, 0.3) is 0 Å². The van der Waals surface area contributed by atoms with Gasteiger partial charge >= 0.3 is 5.97 Å². The Labute approximate surface area is 205 Å². The summed E-state index contributed by atoms with van der Waals surface area (Å²) in [6.45, 7) is 4.65. The smallest absolute Gasteiger partial charge is 0.340 e. The molecule has 0 aliphatic carbocycles. The number of imidazole rings is 1. The number of hydrogen-bond donors (Lipinski definition) is 4. The third kappa shape index (κ3) is 10.1. The number of aromatic amines is 1. The molecule has 0 atom stereocenters. The molecule has 0 fully saturated rings. The lowest BCUT2D eigenvalue weighted by molar-refractivity contribution is -0.107. The highest BCUT2D eigenvalue weighted by atomic mass is 16.5. The second-order valence-electron chi connectivity index (χ2n) is 7.47. The van der Waals surface area contributed by atoms with Crippen molar-refractivity contribution in [2.75, 3.05) is 59.3 Å². The van der Waals surface area contributed by atoms with Gasteiger partial charge < -0.3 is 40.4 Å². The largest absolute Gasteiger partial charge is 0.491 e. The molecule has 2 aromatic carbocycles. The number of nitrogens with one attached hydrogen (secondary N) is 3. The number of hydrogen-bond acceptors (Lipinski definition) is 9. The number of anilines is 1. The van der Waals surface area contributed by atoms with E-state index < -0.39 is 5.97 Å². The zero-order valence-electron chi connectivity index (χ0n) is 20.3. The van der Waals surface area contributed by atoms with Gasteiger partial charge in [-0.2, -0.15) is 0 Å². The molecular weight excluding hydrogens is 450 g/mol. The highest BCUT2D eigenvalue weighted by Gasteiger charge is 2.13. The molecule has 0 saturated heterocycles. The monoisotopic (exact) mass is 485 g/mol. The maximum absolute atomic E-state index is 11.5. The summed E-state index contributed by atoms with van der Waals surface area (Å²) in [7, 11) is 3.27. The van der Waals surface area contributed by atoms with Gasteiger partial charge in [0.15, 0.2) is 0 Å².